The van der Waals surface area contributed by atoms with Crippen LogP contribution in [0.1, 0.15) is 37.2 Å². The van der Waals surface area contributed by atoms with Gasteiger partial charge in [-0.3, -0.25) is 4.68 Å². The molecule has 0 radical (unpaired) electrons. The molecule has 0 aliphatic rings. The Morgan fingerprint density at radius 3 is 2.76 bits per heavy atom. The van der Waals surface area contributed by atoms with Crippen molar-refractivity contribution in [1.82, 2.24) is 20.3 Å². The average Bonchev–Trinajstić information content (AvgIpc) is 2.78. The van der Waals surface area contributed by atoms with Crippen molar-refractivity contribution >= 4 is 5.97 Å². The zero-order valence-corrected chi connectivity index (χ0v) is 10.4. The largest absolute Gasteiger partial charge is 0.476 e. The Bertz CT molecular complexity index is 347. The Kier molecular flexibility index (Phi) is 5.62. The second-order valence-corrected chi connectivity index (χ2v) is 4.06. The highest BCUT2D eigenvalue weighted by atomic mass is 16.4. The van der Waals surface area contributed by atoms with Crippen molar-refractivity contribution in [2.45, 2.75) is 33.2 Å². The standard InChI is InChI=1S/C11H20N4O2/c1-3-9(4-2)7-12-5-6-15-8-10(11(16)17)13-14-15/h8-9,12H,3-7H2,1-2H3,(H,16,17). The average molecular weight is 240 g/mol. The van der Waals surface area contributed by atoms with Crippen molar-refractivity contribution in [3.63, 3.8) is 0 Å². The first kappa shape index (κ1) is 13.6. The SMILES string of the molecule is CCC(CC)CNCCn1cc(C(=O)O)nn1. The van der Waals surface area contributed by atoms with E-state index in [0.717, 1.165) is 13.1 Å². The van der Waals surface area contributed by atoms with Gasteiger partial charge in [0, 0.05) is 6.54 Å². The summed E-state index contributed by atoms with van der Waals surface area (Å²) in [6.07, 6.45) is 3.80. The lowest BCUT2D eigenvalue weighted by Crippen LogP contribution is -2.26. The Morgan fingerprint density at radius 2 is 2.24 bits per heavy atom. The van der Waals surface area contributed by atoms with E-state index < -0.39 is 5.97 Å². The summed E-state index contributed by atoms with van der Waals surface area (Å²) < 4.78 is 1.54. The van der Waals surface area contributed by atoms with Crippen LogP contribution in [0.3, 0.4) is 0 Å². The molecule has 0 unspecified atom stereocenters. The molecule has 0 aromatic carbocycles. The molecular formula is C11H20N4O2. The van der Waals surface area contributed by atoms with E-state index in [4.69, 9.17) is 5.11 Å². The molecule has 0 aliphatic heterocycles. The lowest BCUT2D eigenvalue weighted by Gasteiger charge is -2.12. The fourth-order valence-corrected chi connectivity index (χ4v) is 1.58. The monoisotopic (exact) mass is 240 g/mol. The van der Waals surface area contributed by atoms with Crippen LogP contribution in [-0.4, -0.2) is 39.2 Å². The molecule has 0 spiro atoms. The molecule has 6 nitrogen and oxygen atoms in total. The topological polar surface area (TPSA) is 80.0 Å². The van der Waals surface area contributed by atoms with E-state index in [0.29, 0.717) is 12.5 Å². The van der Waals surface area contributed by atoms with Gasteiger partial charge in [0.05, 0.1) is 12.7 Å². The highest BCUT2D eigenvalue weighted by molar-refractivity contribution is 5.84. The summed E-state index contributed by atoms with van der Waals surface area (Å²) in [5.41, 5.74) is -0.00927. The third-order valence-electron chi connectivity index (χ3n) is 2.86. The molecule has 0 saturated heterocycles. The van der Waals surface area contributed by atoms with Crippen molar-refractivity contribution in [3.05, 3.63) is 11.9 Å². The molecule has 0 saturated carbocycles. The first-order chi connectivity index (χ1) is 8.17. The molecule has 17 heavy (non-hydrogen) atoms. The number of aromatic carboxylic acids is 1. The first-order valence-electron chi connectivity index (χ1n) is 6.01. The smallest absolute Gasteiger partial charge is 0.358 e. The van der Waals surface area contributed by atoms with Crippen molar-refractivity contribution in [2.75, 3.05) is 13.1 Å². The van der Waals surface area contributed by atoms with Crippen LogP contribution in [0.5, 0.6) is 0 Å². The Hall–Kier alpha value is -1.43. The molecule has 0 aliphatic carbocycles. The fourth-order valence-electron chi connectivity index (χ4n) is 1.58. The third-order valence-corrected chi connectivity index (χ3v) is 2.86. The van der Waals surface area contributed by atoms with Crippen molar-refractivity contribution < 1.29 is 9.90 Å². The molecule has 1 rings (SSSR count). The van der Waals surface area contributed by atoms with E-state index in [1.54, 1.807) is 4.68 Å². The minimum atomic E-state index is -1.04. The normalized spacial score (nSPS) is 11.0. The maximum absolute atomic E-state index is 10.6. The number of carboxylic acids is 1. The van der Waals surface area contributed by atoms with E-state index in [2.05, 4.69) is 29.5 Å². The van der Waals surface area contributed by atoms with Crippen LogP contribution >= 0.6 is 0 Å². The molecule has 1 aromatic rings. The Labute approximate surface area is 101 Å². The molecule has 96 valence electrons. The number of carbonyl (C=O) groups is 1. The molecule has 6 heteroatoms. The van der Waals surface area contributed by atoms with Crippen molar-refractivity contribution in [3.8, 4) is 0 Å². The first-order valence-corrected chi connectivity index (χ1v) is 6.01. The zero-order valence-electron chi connectivity index (χ0n) is 10.4. The number of rotatable bonds is 8. The van der Waals surface area contributed by atoms with Crippen molar-refractivity contribution in [1.29, 1.82) is 0 Å². The number of hydrogen-bond donors (Lipinski definition) is 2. The summed E-state index contributed by atoms with van der Waals surface area (Å²) >= 11 is 0. The molecule has 1 aromatic heterocycles. The van der Waals surface area contributed by atoms with Gasteiger partial charge < -0.3 is 10.4 Å². The van der Waals surface area contributed by atoms with Gasteiger partial charge in [0.2, 0.25) is 0 Å². The zero-order chi connectivity index (χ0) is 12.7. The quantitative estimate of drug-likeness (QED) is 0.663. The number of nitrogens with zero attached hydrogens (tertiary/aromatic N) is 3. The lowest BCUT2D eigenvalue weighted by molar-refractivity contribution is 0.0690. The molecule has 1 heterocycles. The maximum atomic E-state index is 10.6. The predicted molar refractivity (Wildman–Crippen MR) is 63.9 cm³/mol. The molecule has 0 amide bonds. The number of aromatic nitrogens is 3. The second kappa shape index (κ2) is 7.01. The predicted octanol–water partition coefficient (Wildman–Crippen LogP) is 1.00. The van der Waals surface area contributed by atoms with Gasteiger partial charge in [-0.25, -0.2) is 4.79 Å². The number of nitrogens with one attached hydrogen (secondary N) is 1. The van der Waals surface area contributed by atoms with Crippen LogP contribution in [0.25, 0.3) is 0 Å². The van der Waals surface area contributed by atoms with Gasteiger partial charge in [-0.05, 0) is 12.5 Å². The van der Waals surface area contributed by atoms with E-state index in [-0.39, 0.29) is 5.69 Å². The minimum Gasteiger partial charge on any atom is -0.476 e. The van der Waals surface area contributed by atoms with Crippen LogP contribution in [0.15, 0.2) is 6.20 Å². The van der Waals surface area contributed by atoms with Gasteiger partial charge in [-0.2, -0.15) is 0 Å². The molecule has 0 bridgehead atoms. The summed E-state index contributed by atoms with van der Waals surface area (Å²) in [6, 6.07) is 0. The molecule has 2 N–H and O–H groups in total. The van der Waals surface area contributed by atoms with Gasteiger partial charge in [-0.15, -0.1) is 5.10 Å². The van der Waals surface area contributed by atoms with E-state index in [1.807, 2.05) is 0 Å². The van der Waals surface area contributed by atoms with Crippen LogP contribution in [-0.2, 0) is 6.54 Å². The summed E-state index contributed by atoms with van der Waals surface area (Å²) in [7, 11) is 0. The van der Waals surface area contributed by atoms with E-state index >= 15 is 0 Å². The number of hydrogen-bond acceptors (Lipinski definition) is 4. The highest BCUT2D eigenvalue weighted by Crippen LogP contribution is 2.04. The molecule has 0 atom stereocenters. The molecular weight excluding hydrogens is 220 g/mol. The Morgan fingerprint density at radius 1 is 1.53 bits per heavy atom. The summed E-state index contributed by atoms with van der Waals surface area (Å²) in [5.74, 6) is -0.332. The number of carboxylic acid groups (broad SMARTS) is 1. The highest BCUT2D eigenvalue weighted by Gasteiger charge is 2.07. The minimum absolute atomic E-state index is 0.00927. The summed E-state index contributed by atoms with van der Waals surface area (Å²) in [5, 5.41) is 19.3. The van der Waals surface area contributed by atoms with E-state index in [9.17, 15) is 4.79 Å². The summed E-state index contributed by atoms with van der Waals surface area (Å²) in [4.78, 5) is 10.6. The van der Waals surface area contributed by atoms with Gasteiger partial charge in [0.25, 0.3) is 0 Å². The van der Waals surface area contributed by atoms with Crippen LogP contribution < -0.4 is 5.32 Å². The maximum Gasteiger partial charge on any atom is 0.358 e. The van der Waals surface area contributed by atoms with Gasteiger partial charge in [0.1, 0.15) is 0 Å². The van der Waals surface area contributed by atoms with Crippen molar-refractivity contribution in [2.24, 2.45) is 5.92 Å². The Balaban J connectivity index is 2.24. The van der Waals surface area contributed by atoms with E-state index in [1.165, 1.54) is 19.0 Å². The lowest BCUT2D eigenvalue weighted by atomic mass is 10.0. The fraction of sp³-hybridized carbons (Fsp3) is 0.727. The van der Waals surface area contributed by atoms with Crippen LogP contribution in [0.4, 0.5) is 0 Å². The van der Waals surface area contributed by atoms with Gasteiger partial charge in [0.15, 0.2) is 5.69 Å². The van der Waals surface area contributed by atoms with Crippen LogP contribution in [0.2, 0.25) is 0 Å². The van der Waals surface area contributed by atoms with Gasteiger partial charge in [-0.1, -0.05) is 31.9 Å². The third kappa shape index (κ3) is 4.52. The second-order valence-electron chi connectivity index (χ2n) is 4.06. The summed E-state index contributed by atoms with van der Waals surface area (Å²) in [6.45, 7) is 6.78. The molecule has 0 fully saturated rings. The van der Waals surface area contributed by atoms with Crippen LogP contribution in [0, 0.1) is 5.92 Å². The van der Waals surface area contributed by atoms with Gasteiger partial charge >= 0.3 is 5.97 Å².